The lowest BCUT2D eigenvalue weighted by Gasteiger charge is -2.28. The number of hydrogen-bond donors (Lipinski definition) is 0. The summed E-state index contributed by atoms with van der Waals surface area (Å²) in [5.41, 5.74) is 5.74. The van der Waals surface area contributed by atoms with Crippen LogP contribution in [-0.2, 0) is 16.2 Å². The Balaban J connectivity index is 1.59. The van der Waals surface area contributed by atoms with E-state index in [1.807, 2.05) is 112 Å². The molecule has 0 unspecified atom stereocenters. The monoisotopic (exact) mass is 556 g/mol. The Morgan fingerprint density at radius 1 is 0.952 bits per heavy atom. The average molecular weight is 557 g/mol. The van der Waals surface area contributed by atoms with Crippen molar-refractivity contribution in [3.63, 3.8) is 0 Å². The first-order chi connectivity index (χ1) is 20.3. The summed E-state index contributed by atoms with van der Waals surface area (Å²) < 4.78 is 7.86. The summed E-state index contributed by atoms with van der Waals surface area (Å²) in [6, 6.07) is 27.6. The number of para-hydroxylation sites is 1. The van der Waals surface area contributed by atoms with Crippen LogP contribution in [0.5, 0.6) is 5.75 Å². The van der Waals surface area contributed by atoms with Crippen LogP contribution in [0.15, 0.2) is 102 Å². The first-order valence-electron chi connectivity index (χ1n) is 13.9. The zero-order valence-electron chi connectivity index (χ0n) is 24.2. The maximum Gasteiger partial charge on any atom is 0.271 e. The molecule has 0 saturated heterocycles. The third-order valence-corrected chi connectivity index (χ3v) is 7.12. The molecule has 0 bridgehead atoms. The largest absolute Gasteiger partial charge is 0.489 e. The molecule has 4 aromatic rings. The highest BCUT2D eigenvalue weighted by molar-refractivity contribution is 6.19. The van der Waals surface area contributed by atoms with E-state index in [0.29, 0.717) is 29.0 Å². The predicted octanol–water partition coefficient (Wildman–Crippen LogP) is 6.68. The van der Waals surface area contributed by atoms with Gasteiger partial charge in [-0.2, -0.15) is 10.4 Å². The number of amides is 2. The third-order valence-electron chi connectivity index (χ3n) is 7.12. The number of nitrogens with zero attached hydrogens (tertiary/aromatic N) is 4. The first kappa shape index (κ1) is 28.3. The van der Waals surface area contributed by atoms with Crippen molar-refractivity contribution in [2.24, 2.45) is 5.92 Å². The van der Waals surface area contributed by atoms with Gasteiger partial charge >= 0.3 is 0 Å². The molecule has 7 nitrogen and oxygen atoms in total. The van der Waals surface area contributed by atoms with Crippen molar-refractivity contribution in [1.29, 1.82) is 5.26 Å². The van der Waals surface area contributed by atoms with E-state index >= 15 is 0 Å². The van der Waals surface area contributed by atoms with Crippen molar-refractivity contribution < 1.29 is 14.3 Å². The van der Waals surface area contributed by atoms with Gasteiger partial charge in [-0.25, -0.2) is 4.68 Å². The Morgan fingerprint density at radius 2 is 1.64 bits per heavy atom. The van der Waals surface area contributed by atoms with Crippen molar-refractivity contribution >= 4 is 17.9 Å². The molecule has 5 rings (SSSR count). The zero-order chi connectivity index (χ0) is 29.8. The lowest BCUT2D eigenvalue weighted by atomic mass is 9.92. The normalized spacial score (nSPS) is 14.6. The SMILES string of the molecule is CC1=C(C#N)C(=O)N(CC(C)C)C(=O)/C1=C/c1cn(-c2ccccc2)nc1-c1ccc(OCc2ccccc2)c(C)c1. The molecule has 1 aliphatic rings. The van der Waals surface area contributed by atoms with Crippen LogP contribution in [-0.4, -0.2) is 33.0 Å². The number of imide groups is 1. The van der Waals surface area contributed by atoms with Crippen LogP contribution in [0.4, 0.5) is 0 Å². The van der Waals surface area contributed by atoms with E-state index in [2.05, 4.69) is 0 Å². The number of aryl methyl sites for hydroxylation is 1. The number of benzene rings is 3. The van der Waals surface area contributed by atoms with Crippen LogP contribution < -0.4 is 4.74 Å². The Bertz CT molecular complexity index is 1740. The highest BCUT2D eigenvalue weighted by Crippen LogP contribution is 2.33. The summed E-state index contributed by atoms with van der Waals surface area (Å²) in [5.74, 6) is -0.135. The smallest absolute Gasteiger partial charge is 0.271 e. The van der Waals surface area contributed by atoms with Gasteiger partial charge < -0.3 is 4.74 Å². The summed E-state index contributed by atoms with van der Waals surface area (Å²) in [6.45, 7) is 8.19. The molecule has 42 heavy (non-hydrogen) atoms. The highest BCUT2D eigenvalue weighted by atomic mass is 16.5. The molecular formula is C35H32N4O3. The number of ether oxygens (including phenoxy) is 1. The van der Waals surface area contributed by atoms with Gasteiger partial charge in [0.15, 0.2) is 0 Å². The minimum atomic E-state index is -0.548. The van der Waals surface area contributed by atoms with Crippen LogP contribution >= 0.6 is 0 Å². The Morgan fingerprint density at radius 3 is 2.29 bits per heavy atom. The van der Waals surface area contributed by atoms with E-state index in [-0.39, 0.29) is 18.0 Å². The van der Waals surface area contributed by atoms with Gasteiger partial charge in [-0.3, -0.25) is 14.5 Å². The van der Waals surface area contributed by atoms with E-state index < -0.39 is 11.8 Å². The molecule has 2 heterocycles. The Kier molecular flexibility index (Phi) is 8.16. The number of rotatable bonds is 8. The van der Waals surface area contributed by atoms with Crippen molar-refractivity contribution in [2.45, 2.75) is 34.3 Å². The number of hydrogen-bond acceptors (Lipinski definition) is 5. The lowest BCUT2D eigenvalue weighted by molar-refractivity contribution is -0.141. The fourth-order valence-corrected chi connectivity index (χ4v) is 4.94. The molecule has 2 amide bonds. The minimum Gasteiger partial charge on any atom is -0.489 e. The van der Waals surface area contributed by atoms with Gasteiger partial charge in [-0.05, 0) is 72.9 Å². The number of aromatic nitrogens is 2. The average Bonchev–Trinajstić information content (AvgIpc) is 3.42. The second-order valence-corrected chi connectivity index (χ2v) is 10.8. The highest BCUT2D eigenvalue weighted by Gasteiger charge is 2.36. The molecule has 0 saturated carbocycles. The van der Waals surface area contributed by atoms with Gasteiger partial charge in [0, 0.05) is 29.4 Å². The summed E-state index contributed by atoms with van der Waals surface area (Å²) in [7, 11) is 0. The molecule has 3 aromatic carbocycles. The fourth-order valence-electron chi connectivity index (χ4n) is 4.94. The van der Waals surface area contributed by atoms with E-state index in [4.69, 9.17) is 9.84 Å². The van der Waals surface area contributed by atoms with Crippen LogP contribution in [0.2, 0.25) is 0 Å². The number of carbonyl (C=O) groups is 2. The standard InChI is InChI=1S/C35H32N4O3/c1-23(2)20-38-34(40)30(25(4)31(19-36)35(38)41)18-28-21-39(29-13-9-6-10-14-29)37-33(28)27-15-16-32(24(3)17-27)42-22-26-11-7-5-8-12-26/h5-18,21,23H,20,22H2,1-4H3/b30-18+. The quantitative estimate of drug-likeness (QED) is 0.179. The van der Waals surface area contributed by atoms with E-state index in [1.54, 1.807) is 17.7 Å². The number of carbonyl (C=O) groups excluding carboxylic acids is 2. The topological polar surface area (TPSA) is 88.2 Å². The first-order valence-corrected chi connectivity index (χ1v) is 13.9. The van der Waals surface area contributed by atoms with Crippen molar-refractivity contribution in [3.8, 4) is 28.8 Å². The summed E-state index contributed by atoms with van der Waals surface area (Å²) in [4.78, 5) is 27.8. The second-order valence-electron chi connectivity index (χ2n) is 10.8. The van der Waals surface area contributed by atoms with E-state index in [0.717, 1.165) is 28.1 Å². The molecule has 0 N–H and O–H groups in total. The van der Waals surface area contributed by atoms with Gasteiger partial charge in [0.1, 0.15) is 24.0 Å². The van der Waals surface area contributed by atoms with E-state index in [1.165, 1.54) is 4.90 Å². The fraction of sp³-hybridized carbons (Fsp3) is 0.200. The molecule has 0 radical (unpaired) electrons. The molecule has 0 aliphatic carbocycles. The molecule has 0 fully saturated rings. The van der Waals surface area contributed by atoms with Crippen LogP contribution in [0.25, 0.3) is 23.0 Å². The number of nitriles is 1. The van der Waals surface area contributed by atoms with Gasteiger partial charge in [0.2, 0.25) is 0 Å². The minimum absolute atomic E-state index is 0.0192. The lowest BCUT2D eigenvalue weighted by Crippen LogP contribution is -2.44. The maximum atomic E-state index is 13.6. The molecule has 1 aliphatic heterocycles. The summed E-state index contributed by atoms with van der Waals surface area (Å²) >= 11 is 0. The molecule has 0 atom stereocenters. The third kappa shape index (κ3) is 5.79. The predicted molar refractivity (Wildman–Crippen MR) is 162 cm³/mol. The van der Waals surface area contributed by atoms with Crippen molar-refractivity contribution in [1.82, 2.24) is 14.7 Å². The Labute approximate surface area is 246 Å². The molecule has 7 heteroatoms. The molecule has 1 aromatic heterocycles. The van der Waals surface area contributed by atoms with Gasteiger partial charge in [0.05, 0.1) is 11.4 Å². The molecular weight excluding hydrogens is 524 g/mol. The van der Waals surface area contributed by atoms with Gasteiger partial charge in [0.25, 0.3) is 11.8 Å². The van der Waals surface area contributed by atoms with Crippen LogP contribution in [0.1, 0.15) is 37.5 Å². The second kappa shape index (κ2) is 12.1. The zero-order valence-corrected chi connectivity index (χ0v) is 24.2. The Hall–Kier alpha value is -5.22. The van der Waals surface area contributed by atoms with Crippen LogP contribution in [0.3, 0.4) is 0 Å². The maximum absolute atomic E-state index is 13.6. The van der Waals surface area contributed by atoms with Gasteiger partial charge in [-0.1, -0.05) is 62.4 Å². The van der Waals surface area contributed by atoms with Crippen LogP contribution in [0, 0.1) is 24.2 Å². The van der Waals surface area contributed by atoms with Crippen molar-refractivity contribution in [3.05, 3.63) is 118 Å². The molecule has 210 valence electrons. The summed E-state index contributed by atoms with van der Waals surface area (Å²) in [5, 5.41) is 14.7. The van der Waals surface area contributed by atoms with Crippen molar-refractivity contribution in [2.75, 3.05) is 6.54 Å². The molecule has 0 spiro atoms. The van der Waals surface area contributed by atoms with E-state index in [9.17, 15) is 14.9 Å². The summed E-state index contributed by atoms with van der Waals surface area (Å²) in [6.07, 6.45) is 3.61. The van der Waals surface area contributed by atoms with Gasteiger partial charge in [-0.15, -0.1) is 0 Å².